The molecule has 1 N–H and O–H groups in total. The predicted molar refractivity (Wildman–Crippen MR) is 119 cm³/mol. The minimum atomic E-state index is -0.250. The fourth-order valence-corrected chi connectivity index (χ4v) is 3.53. The van der Waals surface area contributed by atoms with Gasteiger partial charge >= 0.3 is 0 Å². The summed E-state index contributed by atoms with van der Waals surface area (Å²) < 4.78 is 22.1. The number of aryl methyl sites for hydroxylation is 3. The van der Waals surface area contributed by atoms with Crippen molar-refractivity contribution < 1.29 is 23.4 Å². The van der Waals surface area contributed by atoms with E-state index in [2.05, 4.69) is 5.32 Å². The molecule has 1 amide bonds. The first-order valence-corrected chi connectivity index (χ1v) is 9.59. The summed E-state index contributed by atoms with van der Waals surface area (Å²) in [7, 11) is 4.74. The number of carbonyl (C=O) groups excluding carboxylic acids is 1. The fraction of sp³-hybridized carbons (Fsp3) is 0.292. The molecule has 0 fully saturated rings. The maximum absolute atomic E-state index is 12.7. The van der Waals surface area contributed by atoms with Gasteiger partial charge in [-0.2, -0.15) is 0 Å². The van der Waals surface area contributed by atoms with Crippen LogP contribution in [0.3, 0.4) is 0 Å². The number of rotatable bonds is 6. The van der Waals surface area contributed by atoms with Gasteiger partial charge in [0, 0.05) is 34.3 Å². The van der Waals surface area contributed by atoms with E-state index in [4.69, 9.17) is 18.6 Å². The molecule has 3 rings (SSSR count). The molecule has 0 saturated heterocycles. The van der Waals surface area contributed by atoms with E-state index in [-0.39, 0.29) is 5.91 Å². The standard InChI is InChI=1S/C24H27NO5/c1-13(10-22(26)25-17-8-9-20(27-5)21(11-17)28-6)18-12-19-14(2)16(4)30-24(19)15(3)23(18)29-7/h8-12H,1-7H3,(H,25,26)/b13-10+. The van der Waals surface area contributed by atoms with Gasteiger partial charge in [-0.3, -0.25) is 4.79 Å². The molecule has 1 aromatic heterocycles. The average molecular weight is 409 g/mol. The van der Waals surface area contributed by atoms with E-state index in [0.717, 1.165) is 39.0 Å². The largest absolute Gasteiger partial charge is 0.496 e. The average Bonchev–Trinajstić information content (AvgIpc) is 3.02. The van der Waals surface area contributed by atoms with Crippen molar-refractivity contribution in [1.82, 2.24) is 0 Å². The molecule has 0 unspecified atom stereocenters. The van der Waals surface area contributed by atoms with Crippen molar-refractivity contribution in [3.63, 3.8) is 0 Å². The van der Waals surface area contributed by atoms with E-state index >= 15 is 0 Å². The number of ether oxygens (including phenoxy) is 3. The molecule has 0 spiro atoms. The Labute approximate surface area is 176 Å². The molecule has 6 nitrogen and oxygen atoms in total. The number of nitrogens with one attached hydrogen (secondary N) is 1. The number of fused-ring (bicyclic) bond motifs is 1. The minimum Gasteiger partial charge on any atom is -0.496 e. The highest BCUT2D eigenvalue weighted by atomic mass is 16.5. The van der Waals surface area contributed by atoms with Gasteiger partial charge in [0.25, 0.3) is 0 Å². The van der Waals surface area contributed by atoms with Crippen LogP contribution in [0.25, 0.3) is 16.5 Å². The highest BCUT2D eigenvalue weighted by Gasteiger charge is 2.18. The van der Waals surface area contributed by atoms with Crippen LogP contribution in [-0.2, 0) is 4.79 Å². The van der Waals surface area contributed by atoms with Gasteiger partial charge < -0.3 is 23.9 Å². The lowest BCUT2D eigenvalue weighted by atomic mass is 9.98. The van der Waals surface area contributed by atoms with Gasteiger partial charge in [0.1, 0.15) is 17.1 Å². The van der Waals surface area contributed by atoms with E-state index in [0.29, 0.717) is 22.9 Å². The van der Waals surface area contributed by atoms with Crippen molar-refractivity contribution in [1.29, 1.82) is 0 Å². The Bertz CT molecular complexity index is 1140. The van der Waals surface area contributed by atoms with Crippen LogP contribution in [0.4, 0.5) is 5.69 Å². The number of benzene rings is 2. The zero-order valence-electron chi connectivity index (χ0n) is 18.4. The molecule has 0 aliphatic rings. The first-order chi connectivity index (χ1) is 14.3. The molecule has 30 heavy (non-hydrogen) atoms. The van der Waals surface area contributed by atoms with Crippen molar-refractivity contribution in [2.75, 3.05) is 26.6 Å². The SMILES string of the molecule is COc1ccc(NC(=O)/C=C(\C)c2cc3c(C)c(C)oc3c(C)c2OC)cc1OC. The second-order valence-corrected chi connectivity index (χ2v) is 7.13. The van der Waals surface area contributed by atoms with E-state index in [9.17, 15) is 4.79 Å². The van der Waals surface area contributed by atoms with E-state index in [1.807, 2.05) is 33.8 Å². The van der Waals surface area contributed by atoms with E-state index < -0.39 is 0 Å². The normalized spacial score (nSPS) is 11.5. The molecule has 1 heterocycles. The summed E-state index contributed by atoms with van der Waals surface area (Å²) >= 11 is 0. The van der Waals surface area contributed by atoms with Gasteiger partial charge in [-0.1, -0.05) is 0 Å². The van der Waals surface area contributed by atoms with Crippen LogP contribution >= 0.6 is 0 Å². The highest BCUT2D eigenvalue weighted by molar-refractivity contribution is 6.05. The highest BCUT2D eigenvalue weighted by Crippen LogP contribution is 2.38. The Hall–Kier alpha value is -3.41. The van der Waals surface area contributed by atoms with E-state index in [1.165, 1.54) is 0 Å². The van der Waals surface area contributed by atoms with Crippen LogP contribution in [0.1, 0.15) is 29.4 Å². The molecule has 0 aliphatic carbocycles. The maximum atomic E-state index is 12.7. The number of amides is 1. The number of carbonyl (C=O) groups is 1. The molecule has 0 bridgehead atoms. The van der Waals surface area contributed by atoms with Crippen LogP contribution in [-0.4, -0.2) is 27.2 Å². The molecule has 0 atom stereocenters. The quantitative estimate of drug-likeness (QED) is 0.550. The van der Waals surface area contributed by atoms with Crippen molar-refractivity contribution in [3.8, 4) is 17.2 Å². The summed E-state index contributed by atoms with van der Waals surface area (Å²) in [6, 6.07) is 7.24. The molecule has 3 aromatic rings. The molecular weight excluding hydrogens is 382 g/mol. The summed E-state index contributed by atoms with van der Waals surface area (Å²) in [6.07, 6.45) is 1.56. The van der Waals surface area contributed by atoms with E-state index in [1.54, 1.807) is 45.6 Å². The third-order valence-electron chi connectivity index (χ3n) is 5.27. The van der Waals surface area contributed by atoms with Crippen molar-refractivity contribution in [2.45, 2.75) is 27.7 Å². The lowest BCUT2D eigenvalue weighted by Crippen LogP contribution is -2.09. The maximum Gasteiger partial charge on any atom is 0.248 e. The number of furan rings is 1. The van der Waals surface area contributed by atoms with Gasteiger partial charge in [-0.25, -0.2) is 0 Å². The van der Waals surface area contributed by atoms with Gasteiger partial charge in [0.15, 0.2) is 11.5 Å². The molecular formula is C24H27NO5. The monoisotopic (exact) mass is 409 g/mol. The van der Waals surface area contributed by atoms with Gasteiger partial charge in [-0.05, 0) is 57.0 Å². The van der Waals surface area contributed by atoms with Crippen molar-refractivity contribution in [3.05, 3.63) is 52.8 Å². The van der Waals surface area contributed by atoms with Crippen LogP contribution in [0.15, 0.2) is 34.8 Å². The Kier molecular flexibility index (Phi) is 6.06. The third-order valence-corrected chi connectivity index (χ3v) is 5.27. The second-order valence-electron chi connectivity index (χ2n) is 7.13. The lowest BCUT2D eigenvalue weighted by molar-refractivity contribution is -0.111. The molecule has 0 radical (unpaired) electrons. The predicted octanol–water partition coefficient (Wildman–Crippen LogP) is 5.43. The van der Waals surface area contributed by atoms with Crippen molar-refractivity contribution in [2.24, 2.45) is 0 Å². The zero-order valence-corrected chi connectivity index (χ0v) is 18.4. The zero-order chi connectivity index (χ0) is 22.0. The number of methoxy groups -OCH3 is 3. The minimum absolute atomic E-state index is 0.250. The fourth-order valence-electron chi connectivity index (χ4n) is 3.53. The van der Waals surface area contributed by atoms with Gasteiger partial charge in [0.2, 0.25) is 5.91 Å². The van der Waals surface area contributed by atoms with Crippen LogP contribution < -0.4 is 19.5 Å². The number of allylic oxidation sites excluding steroid dienone is 1. The molecule has 6 heteroatoms. The smallest absolute Gasteiger partial charge is 0.248 e. The van der Waals surface area contributed by atoms with Crippen LogP contribution in [0.5, 0.6) is 17.2 Å². The van der Waals surface area contributed by atoms with Crippen molar-refractivity contribution >= 4 is 28.1 Å². The summed E-state index contributed by atoms with van der Waals surface area (Å²) in [5, 5.41) is 3.89. The second kappa shape index (κ2) is 8.53. The molecule has 0 saturated carbocycles. The summed E-state index contributed by atoms with van der Waals surface area (Å²) in [5.74, 6) is 2.47. The summed E-state index contributed by atoms with van der Waals surface area (Å²) in [6.45, 7) is 7.82. The Morgan fingerprint density at radius 2 is 1.67 bits per heavy atom. The number of hydrogen-bond donors (Lipinski definition) is 1. The van der Waals surface area contributed by atoms with Crippen LogP contribution in [0.2, 0.25) is 0 Å². The first kappa shape index (κ1) is 21.3. The topological polar surface area (TPSA) is 69.9 Å². The number of anilines is 1. The van der Waals surface area contributed by atoms with Gasteiger partial charge in [-0.15, -0.1) is 0 Å². The number of hydrogen-bond acceptors (Lipinski definition) is 5. The Balaban J connectivity index is 1.95. The molecule has 158 valence electrons. The van der Waals surface area contributed by atoms with Gasteiger partial charge in [0.05, 0.1) is 21.3 Å². The summed E-state index contributed by atoms with van der Waals surface area (Å²) in [5.41, 5.74) is 5.06. The Morgan fingerprint density at radius 3 is 2.30 bits per heavy atom. The summed E-state index contributed by atoms with van der Waals surface area (Å²) in [4.78, 5) is 12.7. The van der Waals surface area contributed by atoms with Crippen LogP contribution in [0, 0.1) is 20.8 Å². The first-order valence-electron chi connectivity index (χ1n) is 9.59. The molecule has 2 aromatic carbocycles. The third kappa shape index (κ3) is 3.85. The Morgan fingerprint density at radius 1 is 0.967 bits per heavy atom. The molecule has 0 aliphatic heterocycles. The lowest BCUT2D eigenvalue weighted by Gasteiger charge is -2.13.